The minimum atomic E-state index is -0.0714. The van der Waals surface area contributed by atoms with Gasteiger partial charge in [0.05, 0.1) is 30.1 Å². The fourth-order valence-corrected chi connectivity index (χ4v) is 4.82. The summed E-state index contributed by atoms with van der Waals surface area (Å²) in [5.74, 6) is 0.110. The summed E-state index contributed by atoms with van der Waals surface area (Å²) in [5, 5.41) is 5.01. The fraction of sp³-hybridized carbons (Fsp3) is 0.263. The van der Waals surface area contributed by atoms with E-state index in [1.807, 2.05) is 46.0 Å². The molecule has 4 rings (SSSR count). The summed E-state index contributed by atoms with van der Waals surface area (Å²) in [6.45, 7) is 1.78. The molecular formula is C19H17BrN2O2S2. The van der Waals surface area contributed by atoms with Crippen LogP contribution in [0.5, 0.6) is 0 Å². The molecule has 1 saturated heterocycles. The lowest BCUT2D eigenvalue weighted by atomic mass is 10.1. The number of nitrogens with zero attached hydrogens (tertiary/aromatic N) is 2. The summed E-state index contributed by atoms with van der Waals surface area (Å²) < 4.78 is 6.90. The third-order valence-corrected chi connectivity index (χ3v) is 6.74. The van der Waals surface area contributed by atoms with E-state index in [-0.39, 0.29) is 12.0 Å². The zero-order valence-electron chi connectivity index (χ0n) is 13.9. The molecule has 1 fully saturated rings. The lowest BCUT2D eigenvalue weighted by molar-refractivity contribution is -0.138. The first-order valence-electron chi connectivity index (χ1n) is 8.32. The molecule has 0 saturated carbocycles. The Hall–Kier alpha value is -1.54. The van der Waals surface area contributed by atoms with Crippen LogP contribution in [0.3, 0.4) is 0 Å². The molecule has 2 aromatic heterocycles. The summed E-state index contributed by atoms with van der Waals surface area (Å²) in [4.78, 5) is 20.4. The van der Waals surface area contributed by atoms with Crippen LogP contribution in [0.2, 0.25) is 0 Å². The molecule has 0 aliphatic carbocycles. The Morgan fingerprint density at radius 3 is 2.88 bits per heavy atom. The summed E-state index contributed by atoms with van der Waals surface area (Å²) in [6.07, 6.45) is 0.271. The second-order valence-corrected chi connectivity index (χ2v) is 8.77. The first-order chi connectivity index (χ1) is 12.7. The van der Waals surface area contributed by atoms with Crippen LogP contribution in [-0.2, 0) is 16.0 Å². The number of hydrogen-bond acceptors (Lipinski definition) is 5. The van der Waals surface area contributed by atoms with Gasteiger partial charge in [-0.1, -0.05) is 34.1 Å². The van der Waals surface area contributed by atoms with E-state index in [1.165, 1.54) is 0 Å². The van der Waals surface area contributed by atoms with Crippen LogP contribution >= 0.6 is 38.6 Å². The normalized spacial score (nSPS) is 17.4. The monoisotopic (exact) mass is 448 g/mol. The average Bonchev–Trinajstić information content (AvgIpc) is 3.34. The van der Waals surface area contributed by atoms with Gasteiger partial charge in [0, 0.05) is 16.4 Å². The molecule has 0 spiro atoms. The highest BCUT2D eigenvalue weighted by atomic mass is 79.9. The number of morpholine rings is 1. The second-order valence-electron chi connectivity index (χ2n) is 6.05. The van der Waals surface area contributed by atoms with Crippen molar-refractivity contribution in [2.75, 3.05) is 19.7 Å². The van der Waals surface area contributed by atoms with E-state index >= 15 is 0 Å². The second kappa shape index (κ2) is 8.00. The Labute approximate surface area is 168 Å². The molecule has 1 atom stereocenters. The van der Waals surface area contributed by atoms with Crippen LogP contribution in [-0.4, -0.2) is 35.5 Å². The molecule has 1 aromatic carbocycles. The van der Waals surface area contributed by atoms with Crippen molar-refractivity contribution >= 4 is 44.5 Å². The van der Waals surface area contributed by atoms with E-state index < -0.39 is 0 Å². The highest BCUT2D eigenvalue weighted by molar-refractivity contribution is 9.10. The lowest BCUT2D eigenvalue weighted by Crippen LogP contribution is -2.43. The predicted molar refractivity (Wildman–Crippen MR) is 109 cm³/mol. The predicted octanol–water partition coefficient (Wildman–Crippen LogP) is 4.78. The van der Waals surface area contributed by atoms with Gasteiger partial charge in [0.15, 0.2) is 0 Å². The fourth-order valence-electron chi connectivity index (χ4n) is 2.92. The molecule has 3 aromatic rings. The average molecular weight is 449 g/mol. The largest absolute Gasteiger partial charge is 0.370 e. The maximum Gasteiger partial charge on any atom is 0.228 e. The molecule has 0 radical (unpaired) electrons. The van der Waals surface area contributed by atoms with Gasteiger partial charge in [0.25, 0.3) is 0 Å². The molecule has 1 unspecified atom stereocenters. The number of aromatic nitrogens is 1. The van der Waals surface area contributed by atoms with Crippen LogP contribution in [0, 0.1) is 0 Å². The molecule has 134 valence electrons. The Morgan fingerprint density at radius 2 is 2.12 bits per heavy atom. The number of halogens is 1. The van der Waals surface area contributed by atoms with E-state index in [1.54, 1.807) is 22.7 Å². The number of thiophene rings is 1. The van der Waals surface area contributed by atoms with Gasteiger partial charge in [-0.15, -0.1) is 22.7 Å². The van der Waals surface area contributed by atoms with E-state index in [0.717, 1.165) is 25.6 Å². The van der Waals surface area contributed by atoms with E-state index in [0.29, 0.717) is 26.1 Å². The first-order valence-corrected chi connectivity index (χ1v) is 10.9. The van der Waals surface area contributed by atoms with Crippen molar-refractivity contribution in [3.05, 3.63) is 62.9 Å². The van der Waals surface area contributed by atoms with Gasteiger partial charge in [-0.3, -0.25) is 4.79 Å². The maximum absolute atomic E-state index is 12.7. The smallest absolute Gasteiger partial charge is 0.228 e. The Kier molecular flexibility index (Phi) is 5.49. The molecular weight excluding hydrogens is 432 g/mol. The van der Waals surface area contributed by atoms with E-state index in [2.05, 4.69) is 27.0 Å². The van der Waals surface area contributed by atoms with Crippen molar-refractivity contribution < 1.29 is 9.53 Å². The minimum absolute atomic E-state index is 0.0714. The van der Waals surface area contributed by atoms with Crippen LogP contribution in [0.25, 0.3) is 9.88 Å². The molecule has 1 aliphatic heterocycles. The van der Waals surface area contributed by atoms with Crippen molar-refractivity contribution in [3.63, 3.8) is 0 Å². The van der Waals surface area contributed by atoms with Crippen LogP contribution in [0.4, 0.5) is 0 Å². The highest BCUT2D eigenvalue weighted by Crippen LogP contribution is 2.28. The van der Waals surface area contributed by atoms with E-state index in [9.17, 15) is 4.79 Å². The Balaban J connectivity index is 1.40. The third-order valence-electron chi connectivity index (χ3n) is 4.28. The number of hydrogen-bond donors (Lipinski definition) is 0. The summed E-state index contributed by atoms with van der Waals surface area (Å²) >= 11 is 6.71. The zero-order chi connectivity index (χ0) is 17.9. The van der Waals surface area contributed by atoms with Gasteiger partial charge in [-0.25, -0.2) is 4.98 Å². The standard InChI is InChI=1S/C19H17BrN2O2S2/c20-14-5-3-13(4-6-14)16-11-22(7-8-24-16)18(23)10-15-12-26-19(21-15)17-2-1-9-25-17/h1-6,9,12,16H,7-8,10-11H2. The quantitative estimate of drug-likeness (QED) is 0.576. The molecule has 0 N–H and O–H groups in total. The van der Waals surface area contributed by atoms with Gasteiger partial charge < -0.3 is 9.64 Å². The van der Waals surface area contributed by atoms with Gasteiger partial charge in [0.2, 0.25) is 5.91 Å². The van der Waals surface area contributed by atoms with Crippen molar-refractivity contribution in [3.8, 4) is 9.88 Å². The number of thiazole rings is 1. The number of rotatable bonds is 4. The van der Waals surface area contributed by atoms with Crippen LogP contribution in [0.1, 0.15) is 17.4 Å². The topological polar surface area (TPSA) is 42.4 Å². The van der Waals surface area contributed by atoms with Crippen LogP contribution < -0.4 is 0 Å². The number of carbonyl (C=O) groups is 1. The van der Waals surface area contributed by atoms with Gasteiger partial charge >= 0.3 is 0 Å². The van der Waals surface area contributed by atoms with Gasteiger partial charge in [-0.2, -0.15) is 0 Å². The Morgan fingerprint density at radius 1 is 1.27 bits per heavy atom. The minimum Gasteiger partial charge on any atom is -0.370 e. The van der Waals surface area contributed by atoms with Crippen LogP contribution in [0.15, 0.2) is 51.6 Å². The molecule has 26 heavy (non-hydrogen) atoms. The number of ether oxygens (including phenoxy) is 1. The summed E-state index contributed by atoms with van der Waals surface area (Å²) in [7, 11) is 0. The highest BCUT2D eigenvalue weighted by Gasteiger charge is 2.26. The molecule has 0 bridgehead atoms. The molecule has 1 aliphatic rings. The van der Waals surface area contributed by atoms with E-state index in [4.69, 9.17) is 4.74 Å². The molecule has 4 nitrogen and oxygen atoms in total. The molecule has 1 amide bonds. The third kappa shape index (κ3) is 4.06. The lowest BCUT2D eigenvalue weighted by Gasteiger charge is -2.33. The summed E-state index contributed by atoms with van der Waals surface area (Å²) in [6, 6.07) is 12.1. The van der Waals surface area contributed by atoms with Crippen molar-refractivity contribution in [2.24, 2.45) is 0 Å². The van der Waals surface area contributed by atoms with Gasteiger partial charge in [0.1, 0.15) is 11.1 Å². The Bertz CT molecular complexity index is 877. The van der Waals surface area contributed by atoms with Gasteiger partial charge in [-0.05, 0) is 29.1 Å². The zero-order valence-corrected chi connectivity index (χ0v) is 17.1. The maximum atomic E-state index is 12.7. The van der Waals surface area contributed by atoms with Crippen molar-refractivity contribution in [2.45, 2.75) is 12.5 Å². The molecule has 3 heterocycles. The molecule has 7 heteroatoms. The number of carbonyl (C=O) groups excluding carboxylic acids is 1. The SMILES string of the molecule is O=C(Cc1csc(-c2cccs2)n1)N1CCOC(c2ccc(Br)cc2)C1. The number of benzene rings is 1. The summed E-state index contributed by atoms with van der Waals surface area (Å²) in [5.41, 5.74) is 1.94. The number of amides is 1. The first kappa shape index (κ1) is 17.9. The van der Waals surface area contributed by atoms with Crippen molar-refractivity contribution in [1.82, 2.24) is 9.88 Å². The van der Waals surface area contributed by atoms with Crippen molar-refractivity contribution in [1.29, 1.82) is 0 Å².